The van der Waals surface area contributed by atoms with Crippen molar-refractivity contribution in [2.45, 2.75) is 31.6 Å². The summed E-state index contributed by atoms with van der Waals surface area (Å²) in [6, 6.07) is 7.42. The standard InChI is InChI=1S/C19H16ClF3N2O/c20-17-5-1-13(11-16(17)19(21,22)23)2-6-18(26)25(15-3-4-15)12-14-7-9-24-10-8-14/h1-2,5-11,15H,3-4,12H2/b6-2+. The number of nitrogens with zero attached hydrogens (tertiary/aromatic N) is 2. The third-order valence-electron chi connectivity index (χ3n) is 4.09. The maximum absolute atomic E-state index is 12.9. The molecule has 1 heterocycles. The summed E-state index contributed by atoms with van der Waals surface area (Å²) in [6.45, 7) is 0.449. The molecule has 0 atom stereocenters. The summed E-state index contributed by atoms with van der Waals surface area (Å²) >= 11 is 5.61. The van der Waals surface area contributed by atoms with Crippen molar-refractivity contribution in [2.75, 3.05) is 0 Å². The van der Waals surface area contributed by atoms with Gasteiger partial charge in [0.1, 0.15) is 0 Å². The highest BCUT2D eigenvalue weighted by Gasteiger charge is 2.33. The lowest BCUT2D eigenvalue weighted by Crippen LogP contribution is -2.31. The van der Waals surface area contributed by atoms with E-state index < -0.39 is 11.7 Å². The van der Waals surface area contributed by atoms with E-state index in [9.17, 15) is 18.0 Å². The molecule has 26 heavy (non-hydrogen) atoms. The predicted octanol–water partition coefficient (Wildman–Crippen LogP) is 4.96. The molecule has 7 heteroatoms. The maximum atomic E-state index is 12.9. The molecule has 0 radical (unpaired) electrons. The molecule has 0 spiro atoms. The average molecular weight is 381 g/mol. The highest BCUT2D eigenvalue weighted by atomic mass is 35.5. The van der Waals surface area contributed by atoms with Gasteiger partial charge in [0, 0.05) is 31.1 Å². The molecule has 1 fully saturated rings. The molecular weight excluding hydrogens is 365 g/mol. The lowest BCUT2D eigenvalue weighted by atomic mass is 10.1. The number of pyridine rings is 1. The topological polar surface area (TPSA) is 33.2 Å². The maximum Gasteiger partial charge on any atom is 0.417 e. The molecule has 136 valence electrons. The van der Waals surface area contributed by atoms with Crippen molar-refractivity contribution >= 4 is 23.6 Å². The van der Waals surface area contributed by atoms with Gasteiger partial charge < -0.3 is 4.90 Å². The Labute approximate surface area is 154 Å². The van der Waals surface area contributed by atoms with Crippen LogP contribution in [0.1, 0.15) is 29.5 Å². The van der Waals surface area contributed by atoms with E-state index in [0.29, 0.717) is 6.54 Å². The van der Waals surface area contributed by atoms with Gasteiger partial charge in [0.05, 0.1) is 10.6 Å². The normalized spacial score (nSPS) is 14.6. The second kappa shape index (κ2) is 7.50. The number of amides is 1. The first-order valence-electron chi connectivity index (χ1n) is 8.09. The SMILES string of the molecule is O=C(/C=C/c1ccc(Cl)c(C(F)(F)F)c1)N(Cc1ccncc1)C1CC1. The Morgan fingerprint density at radius 2 is 1.92 bits per heavy atom. The van der Waals surface area contributed by atoms with Crippen LogP contribution in [0.25, 0.3) is 6.08 Å². The Bertz CT molecular complexity index is 817. The molecule has 3 nitrogen and oxygen atoms in total. The number of alkyl halides is 3. The van der Waals surface area contributed by atoms with Crippen molar-refractivity contribution in [3.63, 3.8) is 0 Å². The molecule has 0 aliphatic heterocycles. The first-order valence-corrected chi connectivity index (χ1v) is 8.47. The van der Waals surface area contributed by atoms with Gasteiger partial charge in [0.2, 0.25) is 5.91 Å². The first-order chi connectivity index (χ1) is 12.3. The van der Waals surface area contributed by atoms with Gasteiger partial charge in [-0.15, -0.1) is 0 Å². The smallest absolute Gasteiger partial charge is 0.332 e. The van der Waals surface area contributed by atoms with Crippen LogP contribution in [0.2, 0.25) is 5.02 Å². The number of aromatic nitrogens is 1. The zero-order valence-corrected chi connectivity index (χ0v) is 14.5. The zero-order chi connectivity index (χ0) is 18.7. The van der Waals surface area contributed by atoms with Crippen molar-refractivity contribution in [1.29, 1.82) is 0 Å². The molecule has 0 bridgehead atoms. The van der Waals surface area contributed by atoms with Crippen LogP contribution in [0.3, 0.4) is 0 Å². The van der Waals surface area contributed by atoms with E-state index in [4.69, 9.17) is 11.6 Å². The molecule has 3 rings (SSSR count). The van der Waals surface area contributed by atoms with Crippen molar-refractivity contribution in [1.82, 2.24) is 9.88 Å². The second-order valence-electron chi connectivity index (χ2n) is 6.12. The highest BCUT2D eigenvalue weighted by molar-refractivity contribution is 6.31. The molecule has 2 aromatic rings. The number of halogens is 4. The Hall–Kier alpha value is -2.34. The molecule has 1 amide bonds. The third kappa shape index (κ3) is 4.64. The minimum atomic E-state index is -4.54. The van der Waals surface area contributed by atoms with Crippen LogP contribution in [-0.2, 0) is 17.5 Å². The van der Waals surface area contributed by atoms with Gasteiger partial charge in [-0.3, -0.25) is 9.78 Å². The summed E-state index contributed by atoms with van der Waals surface area (Å²) in [6.07, 6.45) is 3.35. The Balaban J connectivity index is 1.75. The largest absolute Gasteiger partial charge is 0.417 e. The van der Waals surface area contributed by atoms with Crippen LogP contribution in [0, 0.1) is 0 Å². The van der Waals surface area contributed by atoms with Gasteiger partial charge in [-0.2, -0.15) is 13.2 Å². The van der Waals surface area contributed by atoms with Crippen LogP contribution in [-0.4, -0.2) is 21.8 Å². The van der Waals surface area contributed by atoms with Gasteiger partial charge in [0.15, 0.2) is 0 Å². The lowest BCUT2D eigenvalue weighted by molar-refractivity contribution is -0.137. The molecular formula is C19H16ClF3N2O. The summed E-state index contributed by atoms with van der Waals surface area (Å²) in [4.78, 5) is 18.2. The Kier molecular flexibility index (Phi) is 5.32. The Morgan fingerprint density at radius 3 is 2.54 bits per heavy atom. The fourth-order valence-corrected chi connectivity index (χ4v) is 2.81. The van der Waals surface area contributed by atoms with E-state index in [2.05, 4.69) is 4.98 Å². The van der Waals surface area contributed by atoms with E-state index >= 15 is 0 Å². The van der Waals surface area contributed by atoms with Gasteiger partial charge in [-0.1, -0.05) is 17.7 Å². The quantitative estimate of drug-likeness (QED) is 0.687. The molecule has 1 aliphatic rings. The summed E-state index contributed by atoms with van der Waals surface area (Å²) < 4.78 is 38.8. The molecule has 0 N–H and O–H groups in total. The van der Waals surface area contributed by atoms with Crippen molar-refractivity contribution in [3.05, 3.63) is 70.5 Å². The predicted molar refractivity (Wildman–Crippen MR) is 93.3 cm³/mol. The highest BCUT2D eigenvalue weighted by Crippen LogP contribution is 2.35. The van der Waals surface area contributed by atoms with E-state index in [-0.39, 0.29) is 22.5 Å². The summed E-state index contributed by atoms with van der Waals surface area (Å²) in [5.41, 5.74) is 0.318. The number of hydrogen-bond acceptors (Lipinski definition) is 2. The van der Waals surface area contributed by atoms with Crippen molar-refractivity contribution in [3.8, 4) is 0 Å². The molecule has 1 aromatic heterocycles. The monoisotopic (exact) mass is 380 g/mol. The van der Waals surface area contributed by atoms with Gasteiger partial charge in [0.25, 0.3) is 0 Å². The number of carbonyl (C=O) groups is 1. The molecule has 1 saturated carbocycles. The Morgan fingerprint density at radius 1 is 1.23 bits per heavy atom. The van der Waals surface area contributed by atoms with Crippen LogP contribution >= 0.6 is 11.6 Å². The van der Waals surface area contributed by atoms with Crippen LogP contribution < -0.4 is 0 Å². The van der Waals surface area contributed by atoms with Crippen LogP contribution in [0.4, 0.5) is 13.2 Å². The average Bonchev–Trinajstić information content (AvgIpc) is 3.43. The van der Waals surface area contributed by atoms with Crippen molar-refractivity contribution in [2.24, 2.45) is 0 Å². The zero-order valence-electron chi connectivity index (χ0n) is 13.7. The number of hydrogen-bond donors (Lipinski definition) is 0. The van der Waals surface area contributed by atoms with Crippen LogP contribution in [0.5, 0.6) is 0 Å². The second-order valence-corrected chi connectivity index (χ2v) is 6.53. The minimum absolute atomic E-state index is 0.177. The van der Waals surface area contributed by atoms with Crippen LogP contribution in [0.15, 0.2) is 48.8 Å². The number of benzene rings is 1. The molecule has 0 unspecified atom stereocenters. The fraction of sp³-hybridized carbons (Fsp3) is 0.263. The minimum Gasteiger partial charge on any atom is -0.332 e. The van der Waals surface area contributed by atoms with E-state index in [0.717, 1.165) is 24.5 Å². The van der Waals surface area contributed by atoms with E-state index in [1.54, 1.807) is 17.3 Å². The summed E-state index contributed by atoms with van der Waals surface area (Å²) in [7, 11) is 0. The third-order valence-corrected chi connectivity index (χ3v) is 4.42. The molecule has 1 aromatic carbocycles. The molecule has 0 saturated heterocycles. The first kappa shape index (κ1) is 18.5. The number of rotatable bonds is 5. The molecule has 1 aliphatic carbocycles. The summed E-state index contributed by atoms with van der Waals surface area (Å²) in [5, 5.41) is -0.363. The van der Waals surface area contributed by atoms with Gasteiger partial charge in [-0.05, 0) is 54.3 Å². The summed E-state index contributed by atoms with van der Waals surface area (Å²) in [5.74, 6) is -0.229. The van der Waals surface area contributed by atoms with Gasteiger partial charge >= 0.3 is 6.18 Å². The van der Waals surface area contributed by atoms with E-state index in [1.807, 2.05) is 12.1 Å². The lowest BCUT2D eigenvalue weighted by Gasteiger charge is -2.20. The van der Waals surface area contributed by atoms with Crippen molar-refractivity contribution < 1.29 is 18.0 Å². The van der Waals surface area contributed by atoms with E-state index in [1.165, 1.54) is 24.3 Å². The number of carbonyl (C=O) groups excluding carboxylic acids is 1. The fourth-order valence-electron chi connectivity index (χ4n) is 2.59. The van der Waals surface area contributed by atoms with Gasteiger partial charge in [-0.25, -0.2) is 0 Å².